The molecule has 2 aliphatic rings. The molecule has 2 aromatic rings. The third-order valence-corrected chi connectivity index (χ3v) is 5.83. The average Bonchev–Trinajstić information content (AvgIpc) is 3.29. The van der Waals surface area contributed by atoms with Crippen molar-refractivity contribution in [3.63, 3.8) is 0 Å². The average molecular weight is 374 g/mol. The highest BCUT2D eigenvalue weighted by Crippen LogP contribution is 2.38. The zero-order valence-electron chi connectivity index (χ0n) is 16.5. The van der Waals surface area contributed by atoms with Gasteiger partial charge in [-0.15, -0.1) is 0 Å². The van der Waals surface area contributed by atoms with Crippen LogP contribution in [0.25, 0.3) is 0 Å². The molecular weight excluding hydrogens is 348 g/mol. The second-order valence-electron chi connectivity index (χ2n) is 7.92. The van der Waals surface area contributed by atoms with E-state index in [0.717, 1.165) is 47.6 Å². The molecule has 1 aliphatic carbocycles. The molecule has 0 bridgehead atoms. The number of nitrogens with zero attached hydrogens (tertiary/aromatic N) is 3. The highest BCUT2D eigenvalue weighted by Gasteiger charge is 2.36. The van der Waals surface area contributed by atoms with E-state index >= 15 is 0 Å². The van der Waals surface area contributed by atoms with Crippen molar-refractivity contribution in [2.75, 3.05) is 18.0 Å². The van der Waals surface area contributed by atoms with E-state index in [-0.39, 0.29) is 11.9 Å². The topological polar surface area (TPSA) is 58.1 Å². The Morgan fingerprint density at radius 2 is 1.68 bits per heavy atom. The van der Waals surface area contributed by atoms with Crippen molar-refractivity contribution in [3.8, 4) is 11.8 Å². The fourth-order valence-corrected chi connectivity index (χ4v) is 4.34. The van der Waals surface area contributed by atoms with Gasteiger partial charge in [0.15, 0.2) is 0 Å². The Bertz CT molecular complexity index is 883. The molecule has 2 heterocycles. The first-order chi connectivity index (χ1) is 13.6. The largest absolute Gasteiger partial charge is 0.350 e. The maximum atomic E-state index is 11.2. The Morgan fingerprint density at radius 3 is 2.29 bits per heavy atom. The number of carbonyl (C=O) groups excluding carboxylic acids is 1. The number of anilines is 1. The van der Waals surface area contributed by atoms with E-state index in [1.165, 1.54) is 26.2 Å². The van der Waals surface area contributed by atoms with Crippen molar-refractivity contribution in [3.05, 3.63) is 53.3 Å². The molecule has 1 N–H and O–H groups in total. The fourth-order valence-electron chi connectivity index (χ4n) is 4.34. The first kappa shape index (κ1) is 18.5. The van der Waals surface area contributed by atoms with E-state index in [4.69, 9.17) is 0 Å². The quantitative estimate of drug-likeness (QED) is 0.838. The Kier molecular flexibility index (Phi) is 5.29. The van der Waals surface area contributed by atoms with E-state index in [2.05, 4.69) is 32.0 Å². The van der Waals surface area contributed by atoms with Crippen LogP contribution < -0.4 is 10.2 Å². The maximum absolute atomic E-state index is 11.2. The summed E-state index contributed by atoms with van der Waals surface area (Å²) in [4.78, 5) is 22.6. The van der Waals surface area contributed by atoms with Gasteiger partial charge in [-0.05, 0) is 49.3 Å². The molecule has 4 rings (SSSR count). The summed E-state index contributed by atoms with van der Waals surface area (Å²) in [5, 5.41) is 2.88. The third kappa shape index (κ3) is 4.17. The zero-order valence-corrected chi connectivity index (χ0v) is 16.5. The number of rotatable bonds is 3. The van der Waals surface area contributed by atoms with Gasteiger partial charge in [0.2, 0.25) is 11.9 Å². The number of carbonyl (C=O) groups is 1. The summed E-state index contributed by atoms with van der Waals surface area (Å²) < 4.78 is 0. The lowest BCUT2D eigenvalue weighted by molar-refractivity contribution is -0.119. The SMILES string of the molecule is CC(=O)N[C@@H](C)c1ccc(C#Cc2cnc(N3CC4CCCC4C3)nc2)cc1. The van der Waals surface area contributed by atoms with Gasteiger partial charge in [0.05, 0.1) is 11.6 Å². The summed E-state index contributed by atoms with van der Waals surface area (Å²) in [6.45, 7) is 5.69. The van der Waals surface area contributed by atoms with E-state index in [1.54, 1.807) is 0 Å². The summed E-state index contributed by atoms with van der Waals surface area (Å²) in [7, 11) is 0. The lowest BCUT2D eigenvalue weighted by Crippen LogP contribution is -2.23. The molecule has 0 spiro atoms. The molecule has 0 radical (unpaired) electrons. The van der Waals surface area contributed by atoms with Gasteiger partial charge >= 0.3 is 0 Å². The fraction of sp³-hybridized carbons (Fsp3) is 0.435. The summed E-state index contributed by atoms with van der Waals surface area (Å²) >= 11 is 0. The van der Waals surface area contributed by atoms with E-state index in [9.17, 15) is 4.79 Å². The molecule has 1 amide bonds. The number of amides is 1. The van der Waals surface area contributed by atoms with Crippen LogP contribution >= 0.6 is 0 Å². The number of hydrogen-bond donors (Lipinski definition) is 1. The summed E-state index contributed by atoms with van der Waals surface area (Å²) in [5.41, 5.74) is 2.80. The molecule has 3 atom stereocenters. The number of hydrogen-bond acceptors (Lipinski definition) is 4. The Balaban J connectivity index is 1.38. The molecule has 2 fully saturated rings. The number of benzene rings is 1. The lowest BCUT2D eigenvalue weighted by Gasteiger charge is -2.16. The van der Waals surface area contributed by atoms with E-state index in [0.29, 0.717) is 0 Å². The van der Waals surface area contributed by atoms with Crippen LogP contribution in [0.4, 0.5) is 5.95 Å². The second kappa shape index (κ2) is 8.02. The van der Waals surface area contributed by atoms with Crippen molar-refractivity contribution in [2.45, 2.75) is 39.2 Å². The molecule has 1 saturated heterocycles. The van der Waals surface area contributed by atoms with Gasteiger partial charge in [0.1, 0.15) is 0 Å². The highest BCUT2D eigenvalue weighted by molar-refractivity contribution is 5.73. The molecule has 2 unspecified atom stereocenters. The molecule has 1 aromatic carbocycles. The van der Waals surface area contributed by atoms with Crippen LogP contribution in [0.5, 0.6) is 0 Å². The van der Waals surface area contributed by atoms with Crippen molar-refractivity contribution < 1.29 is 4.79 Å². The van der Waals surface area contributed by atoms with Crippen molar-refractivity contribution in [1.29, 1.82) is 0 Å². The molecule has 5 heteroatoms. The van der Waals surface area contributed by atoms with Crippen LogP contribution in [0, 0.1) is 23.7 Å². The smallest absolute Gasteiger partial charge is 0.225 e. The first-order valence-corrected chi connectivity index (χ1v) is 10.0. The van der Waals surface area contributed by atoms with Crippen LogP contribution in [0.2, 0.25) is 0 Å². The zero-order chi connectivity index (χ0) is 19.5. The molecule has 1 aliphatic heterocycles. The predicted molar refractivity (Wildman–Crippen MR) is 110 cm³/mol. The minimum atomic E-state index is -0.0306. The van der Waals surface area contributed by atoms with Crippen molar-refractivity contribution >= 4 is 11.9 Å². The van der Waals surface area contributed by atoms with Crippen LogP contribution in [0.15, 0.2) is 36.7 Å². The van der Waals surface area contributed by atoms with Crippen LogP contribution in [0.3, 0.4) is 0 Å². The Hall–Kier alpha value is -2.87. The van der Waals surface area contributed by atoms with E-state index < -0.39 is 0 Å². The molecule has 5 nitrogen and oxygen atoms in total. The Morgan fingerprint density at radius 1 is 1.07 bits per heavy atom. The normalized spacial score (nSPS) is 21.6. The molecule has 144 valence electrons. The van der Waals surface area contributed by atoms with Gasteiger partial charge in [-0.1, -0.05) is 30.4 Å². The molecule has 1 saturated carbocycles. The third-order valence-electron chi connectivity index (χ3n) is 5.83. The van der Waals surface area contributed by atoms with Crippen molar-refractivity contribution in [2.24, 2.45) is 11.8 Å². The number of nitrogens with one attached hydrogen (secondary N) is 1. The highest BCUT2D eigenvalue weighted by atomic mass is 16.1. The minimum Gasteiger partial charge on any atom is -0.350 e. The van der Waals surface area contributed by atoms with Gasteiger partial charge in [-0.2, -0.15) is 0 Å². The van der Waals surface area contributed by atoms with Gasteiger partial charge in [-0.25, -0.2) is 9.97 Å². The standard InChI is InChI=1S/C23H26N4O/c1-16(26-17(2)28)20-10-8-18(9-11-20)6-7-19-12-24-23(25-13-19)27-14-21-4-3-5-22(21)15-27/h8-13,16,21-22H,3-5,14-15H2,1-2H3,(H,26,28)/t16-,21?,22?/m0/s1. The first-order valence-electron chi connectivity index (χ1n) is 10.0. The summed E-state index contributed by atoms with van der Waals surface area (Å²) in [6, 6.07) is 7.92. The van der Waals surface area contributed by atoms with Crippen molar-refractivity contribution in [1.82, 2.24) is 15.3 Å². The minimum absolute atomic E-state index is 0.00873. The van der Waals surface area contributed by atoms with Crippen LogP contribution in [-0.2, 0) is 4.79 Å². The number of fused-ring (bicyclic) bond motifs is 1. The van der Waals surface area contributed by atoms with E-state index in [1.807, 2.05) is 43.6 Å². The Labute approximate surface area is 166 Å². The van der Waals surface area contributed by atoms with Gasteiger partial charge < -0.3 is 10.2 Å². The molecule has 28 heavy (non-hydrogen) atoms. The monoisotopic (exact) mass is 374 g/mol. The summed E-state index contributed by atoms with van der Waals surface area (Å²) in [5.74, 6) is 8.76. The van der Waals surface area contributed by atoms with Gasteiger partial charge in [0.25, 0.3) is 0 Å². The van der Waals surface area contributed by atoms with Gasteiger partial charge in [0, 0.05) is 38.0 Å². The lowest BCUT2D eigenvalue weighted by atomic mass is 10.0. The number of aromatic nitrogens is 2. The molecular formula is C23H26N4O. The predicted octanol–water partition coefficient (Wildman–Crippen LogP) is 3.31. The second-order valence-corrected chi connectivity index (χ2v) is 7.92. The summed E-state index contributed by atoms with van der Waals surface area (Å²) in [6.07, 6.45) is 7.72. The maximum Gasteiger partial charge on any atom is 0.225 e. The van der Waals surface area contributed by atoms with Gasteiger partial charge in [-0.3, -0.25) is 4.79 Å². The van der Waals surface area contributed by atoms with Crippen LogP contribution in [0.1, 0.15) is 55.8 Å². The van der Waals surface area contributed by atoms with Crippen LogP contribution in [-0.4, -0.2) is 29.0 Å². The molecule has 1 aromatic heterocycles.